The summed E-state index contributed by atoms with van der Waals surface area (Å²) in [5.41, 5.74) is 5.64. The molecule has 0 atom stereocenters. The Morgan fingerprint density at radius 2 is 1.86 bits per heavy atom. The van der Waals surface area contributed by atoms with Gasteiger partial charge in [-0.3, -0.25) is 0 Å². The first-order valence-corrected chi connectivity index (χ1v) is 4.78. The van der Waals surface area contributed by atoms with Crippen molar-refractivity contribution in [2.75, 3.05) is 28.2 Å². The number of allylic oxidation sites excluding steroid dienone is 3. The Hall–Kier alpha value is -1.40. The molecular formula is C12H18N2. The molecule has 0 unspecified atom stereocenters. The summed E-state index contributed by atoms with van der Waals surface area (Å²) in [4.78, 5) is 4.19. The molecular weight excluding hydrogens is 172 g/mol. The van der Waals surface area contributed by atoms with Gasteiger partial charge in [-0.05, 0) is 18.2 Å². The molecule has 0 spiro atoms. The van der Waals surface area contributed by atoms with Gasteiger partial charge in [0.05, 0.1) is 5.70 Å². The highest BCUT2D eigenvalue weighted by Crippen LogP contribution is 2.10. The molecule has 1 rings (SSSR count). The zero-order chi connectivity index (χ0) is 10.6. The van der Waals surface area contributed by atoms with Gasteiger partial charge in [-0.15, -0.1) is 0 Å². The van der Waals surface area contributed by atoms with Gasteiger partial charge in [0.2, 0.25) is 0 Å². The predicted molar refractivity (Wildman–Crippen MR) is 60.8 cm³/mol. The zero-order valence-electron chi connectivity index (χ0n) is 9.41. The average molecular weight is 190 g/mol. The Kier molecular flexibility index (Phi) is 3.61. The van der Waals surface area contributed by atoms with E-state index >= 15 is 0 Å². The standard InChI is InChI=1S/C12H18N2/c1-13(2)11-7-5-9-12(14(3)4)10-6-8-11/h5-7,10H,8H2,1-4H3/b10-6-,11-7+. The second-order valence-corrected chi connectivity index (χ2v) is 3.75. The van der Waals surface area contributed by atoms with Crippen molar-refractivity contribution in [3.8, 4) is 0 Å². The van der Waals surface area contributed by atoms with Gasteiger partial charge in [0, 0.05) is 40.3 Å². The number of hydrogen-bond donors (Lipinski definition) is 0. The molecule has 0 aromatic rings. The Bertz CT molecular complexity index is 313. The van der Waals surface area contributed by atoms with Crippen LogP contribution in [0.2, 0.25) is 0 Å². The van der Waals surface area contributed by atoms with Crippen molar-refractivity contribution in [3.05, 3.63) is 41.4 Å². The summed E-state index contributed by atoms with van der Waals surface area (Å²) < 4.78 is 0. The van der Waals surface area contributed by atoms with Crippen molar-refractivity contribution in [1.29, 1.82) is 0 Å². The summed E-state index contributed by atoms with van der Waals surface area (Å²) in [7, 11) is 8.18. The fourth-order valence-corrected chi connectivity index (χ4v) is 1.24. The van der Waals surface area contributed by atoms with E-state index in [1.807, 2.05) is 20.2 Å². The maximum absolute atomic E-state index is 3.23. The second kappa shape index (κ2) is 4.73. The molecule has 0 aromatic carbocycles. The third-order valence-corrected chi connectivity index (χ3v) is 2.17. The molecule has 0 heterocycles. The second-order valence-electron chi connectivity index (χ2n) is 3.75. The monoisotopic (exact) mass is 190 g/mol. The van der Waals surface area contributed by atoms with E-state index in [4.69, 9.17) is 0 Å². The molecule has 14 heavy (non-hydrogen) atoms. The van der Waals surface area contributed by atoms with Gasteiger partial charge in [-0.1, -0.05) is 11.8 Å². The van der Waals surface area contributed by atoms with Crippen LogP contribution in [0.5, 0.6) is 0 Å². The van der Waals surface area contributed by atoms with Crippen LogP contribution in [0.1, 0.15) is 6.42 Å². The lowest BCUT2D eigenvalue weighted by Gasteiger charge is -2.16. The number of hydrogen-bond acceptors (Lipinski definition) is 2. The molecule has 0 saturated heterocycles. The van der Waals surface area contributed by atoms with Crippen molar-refractivity contribution < 1.29 is 0 Å². The third-order valence-electron chi connectivity index (χ3n) is 2.17. The van der Waals surface area contributed by atoms with Gasteiger partial charge in [0.1, 0.15) is 0 Å². The minimum atomic E-state index is 0.975. The Morgan fingerprint density at radius 3 is 2.43 bits per heavy atom. The SMILES string of the molecule is CN(C)C1=C=C/C=C(/N(C)C)C/C=C\1. The van der Waals surface area contributed by atoms with Crippen molar-refractivity contribution >= 4 is 0 Å². The van der Waals surface area contributed by atoms with Gasteiger partial charge >= 0.3 is 0 Å². The Balaban J connectivity index is 2.94. The van der Waals surface area contributed by atoms with Crippen LogP contribution in [0.3, 0.4) is 0 Å². The highest BCUT2D eigenvalue weighted by Gasteiger charge is 1.99. The molecule has 76 valence electrons. The molecule has 0 aromatic heterocycles. The summed E-state index contributed by atoms with van der Waals surface area (Å²) in [6.07, 6.45) is 9.33. The van der Waals surface area contributed by atoms with Crippen LogP contribution in [-0.4, -0.2) is 38.0 Å². The molecule has 0 bridgehead atoms. The summed E-state index contributed by atoms with van der Waals surface area (Å²) >= 11 is 0. The van der Waals surface area contributed by atoms with Crippen LogP contribution >= 0.6 is 0 Å². The lowest BCUT2D eigenvalue weighted by Crippen LogP contribution is -2.11. The van der Waals surface area contributed by atoms with E-state index in [0.717, 1.165) is 12.1 Å². The molecule has 0 amide bonds. The topological polar surface area (TPSA) is 6.48 Å². The number of likely N-dealkylation sites (N-methyl/N-ethyl adjacent to an activating group) is 1. The van der Waals surface area contributed by atoms with Gasteiger partial charge in [0.25, 0.3) is 0 Å². The van der Waals surface area contributed by atoms with Gasteiger partial charge in [0.15, 0.2) is 0 Å². The van der Waals surface area contributed by atoms with Crippen molar-refractivity contribution in [2.45, 2.75) is 6.42 Å². The first kappa shape index (κ1) is 10.7. The largest absolute Gasteiger partial charge is 0.381 e. The number of rotatable bonds is 2. The lowest BCUT2D eigenvalue weighted by atomic mass is 10.2. The lowest BCUT2D eigenvalue weighted by molar-refractivity contribution is 0.499. The van der Waals surface area contributed by atoms with Crippen molar-refractivity contribution in [1.82, 2.24) is 9.80 Å². The molecule has 1 aliphatic rings. The summed E-state index contributed by atoms with van der Waals surface area (Å²) in [5, 5.41) is 0. The highest BCUT2D eigenvalue weighted by atomic mass is 15.1. The van der Waals surface area contributed by atoms with Crippen molar-refractivity contribution in [2.24, 2.45) is 0 Å². The molecule has 0 saturated carbocycles. The van der Waals surface area contributed by atoms with E-state index < -0.39 is 0 Å². The van der Waals surface area contributed by atoms with E-state index in [1.165, 1.54) is 5.70 Å². The van der Waals surface area contributed by atoms with Crippen LogP contribution in [0.4, 0.5) is 0 Å². The molecule has 0 aliphatic heterocycles. The van der Waals surface area contributed by atoms with Gasteiger partial charge < -0.3 is 9.80 Å². The average Bonchev–Trinajstić information content (AvgIpc) is 2.01. The fraction of sp³-hybridized carbons (Fsp3) is 0.417. The Morgan fingerprint density at radius 1 is 1.14 bits per heavy atom. The van der Waals surface area contributed by atoms with E-state index in [0.29, 0.717) is 0 Å². The van der Waals surface area contributed by atoms with Gasteiger partial charge in [-0.2, -0.15) is 0 Å². The summed E-state index contributed by atoms with van der Waals surface area (Å²) in [6, 6.07) is 0. The van der Waals surface area contributed by atoms with E-state index in [2.05, 4.69) is 47.9 Å². The van der Waals surface area contributed by atoms with Crippen LogP contribution in [0.25, 0.3) is 0 Å². The Labute approximate surface area is 86.5 Å². The number of nitrogens with zero attached hydrogens (tertiary/aromatic N) is 2. The molecule has 2 heteroatoms. The van der Waals surface area contributed by atoms with Crippen LogP contribution < -0.4 is 0 Å². The molecule has 0 fully saturated rings. The normalized spacial score (nSPS) is 21.4. The van der Waals surface area contributed by atoms with Crippen molar-refractivity contribution in [3.63, 3.8) is 0 Å². The predicted octanol–water partition coefficient (Wildman–Crippen LogP) is 1.99. The highest BCUT2D eigenvalue weighted by molar-refractivity contribution is 5.25. The van der Waals surface area contributed by atoms with Gasteiger partial charge in [-0.25, -0.2) is 0 Å². The van der Waals surface area contributed by atoms with E-state index in [1.54, 1.807) is 0 Å². The van der Waals surface area contributed by atoms with Crippen LogP contribution in [0, 0.1) is 0 Å². The minimum Gasteiger partial charge on any atom is -0.381 e. The molecule has 2 nitrogen and oxygen atoms in total. The summed E-state index contributed by atoms with van der Waals surface area (Å²) in [6.45, 7) is 0. The first-order chi connectivity index (χ1) is 6.61. The quantitative estimate of drug-likeness (QED) is 0.614. The zero-order valence-corrected chi connectivity index (χ0v) is 9.41. The smallest absolute Gasteiger partial charge is 0.0791 e. The van der Waals surface area contributed by atoms with E-state index in [9.17, 15) is 0 Å². The molecule has 1 aliphatic carbocycles. The third kappa shape index (κ3) is 2.82. The van der Waals surface area contributed by atoms with E-state index in [-0.39, 0.29) is 0 Å². The molecule has 0 N–H and O–H groups in total. The first-order valence-electron chi connectivity index (χ1n) is 4.78. The minimum absolute atomic E-state index is 0.975. The maximum Gasteiger partial charge on any atom is 0.0791 e. The van der Waals surface area contributed by atoms with Crippen LogP contribution in [-0.2, 0) is 0 Å². The fourth-order valence-electron chi connectivity index (χ4n) is 1.24. The maximum atomic E-state index is 3.23. The summed E-state index contributed by atoms with van der Waals surface area (Å²) in [5.74, 6) is 0. The molecule has 0 radical (unpaired) electrons. The van der Waals surface area contributed by atoms with Crippen LogP contribution in [0.15, 0.2) is 41.4 Å².